The highest BCUT2D eigenvalue weighted by atomic mass is 35.5. The van der Waals surface area contributed by atoms with Gasteiger partial charge in [-0.2, -0.15) is 5.26 Å². The molecule has 4 N–H and O–H groups in total. The summed E-state index contributed by atoms with van der Waals surface area (Å²) in [5.41, 5.74) is 1.62. The number of hydrogen-bond donors (Lipinski definition) is 4. The molecule has 196 valence electrons. The van der Waals surface area contributed by atoms with Crippen molar-refractivity contribution >= 4 is 63.8 Å². The molecule has 1 fully saturated rings. The number of aliphatic carboxylic acids is 1. The van der Waals surface area contributed by atoms with Gasteiger partial charge in [0, 0.05) is 4.88 Å². The van der Waals surface area contributed by atoms with Crippen molar-refractivity contribution in [3.05, 3.63) is 69.0 Å². The molecule has 4 rings (SSSR count). The lowest BCUT2D eigenvalue weighted by Crippen LogP contribution is -2.46. The Bertz CT molecular complexity index is 1370. The molecule has 3 amide bonds. The van der Waals surface area contributed by atoms with Crippen molar-refractivity contribution in [2.75, 3.05) is 10.6 Å². The maximum absolute atomic E-state index is 13.4. The second kappa shape index (κ2) is 12.3. The number of nitrogens with one attached hydrogen (secondary N) is 3. The SMILES string of the molecule is N#Cc1ccc(-c2cc(NC(=O)Nc3c(Cl)cccc3Cl)c(C(=O)N[C@H](C(=O)O)C3CCCCC3)s2)cc1. The Morgan fingerprint density at radius 2 is 1.66 bits per heavy atom. The first-order valence-corrected chi connectivity index (χ1v) is 13.5. The van der Waals surface area contributed by atoms with E-state index in [9.17, 15) is 19.5 Å². The summed E-state index contributed by atoms with van der Waals surface area (Å²) in [5.74, 6) is -1.85. The van der Waals surface area contributed by atoms with E-state index in [4.69, 9.17) is 28.5 Å². The van der Waals surface area contributed by atoms with E-state index in [2.05, 4.69) is 22.0 Å². The number of halogens is 2. The fourth-order valence-corrected chi connectivity index (χ4v) is 5.96. The van der Waals surface area contributed by atoms with E-state index in [1.807, 2.05) is 0 Å². The van der Waals surface area contributed by atoms with Crippen molar-refractivity contribution in [2.45, 2.75) is 38.1 Å². The Balaban J connectivity index is 1.63. The van der Waals surface area contributed by atoms with Gasteiger partial charge in [0.15, 0.2) is 0 Å². The fourth-order valence-electron chi connectivity index (χ4n) is 4.44. The molecule has 38 heavy (non-hydrogen) atoms. The van der Waals surface area contributed by atoms with Crippen molar-refractivity contribution < 1.29 is 19.5 Å². The molecule has 11 heteroatoms. The summed E-state index contributed by atoms with van der Waals surface area (Å²) in [7, 11) is 0. The zero-order chi connectivity index (χ0) is 27.2. The van der Waals surface area contributed by atoms with Crippen LogP contribution in [-0.4, -0.2) is 29.1 Å². The van der Waals surface area contributed by atoms with E-state index in [0.29, 0.717) is 10.4 Å². The van der Waals surface area contributed by atoms with Crippen LogP contribution in [0.2, 0.25) is 10.0 Å². The first kappa shape index (κ1) is 27.5. The van der Waals surface area contributed by atoms with Crippen molar-refractivity contribution in [3.63, 3.8) is 0 Å². The monoisotopic (exact) mass is 570 g/mol. The lowest BCUT2D eigenvalue weighted by atomic mass is 9.84. The Hall–Kier alpha value is -3.58. The van der Waals surface area contributed by atoms with Crippen LogP contribution in [0.3, 0.4) is 0 Å². The van der Waals surface area contributed by atoms with Gasteiger partial charge in [0.05, 0.1) is 33.1 Å². The molecule has 1 aliphatic carbocycles. The molecule has 1 aromatic heterocycles. The lowest BCUT2D eigenvalue weighted by molar-refractivity contribution is -0.141. The summed E-state index contributed by atoms with van der Waals surface area (Å²) in [6.07, 6.45) is 4.34. The summed E-state index contributed by atoms with van der Waals surface area (Å²) < 4.78 is 0. The van der Waals surface area contributed by atoms with E-state index in [-0.39, 0.29) is 32.2 Å². The molecular formula is C27H24Cl2N4O4S. The third kappa shape index (κ3) is 6.45. The predicted molar refractivity (Wildman–Crippen MR) is 149 cm³/mol. The number of nitrogens with zero attached hydrogens (tertiary/aromatic N) is 1. The van der Waals surface area contributed by atoms with Gasteiger partial charge in [-0.3, -0.25) is 4.79 Å². The minimum absolute atomic E-state index is 0.145. The number of carboxylic acid groups (broad SMARTS) is 1. The molecule has 1 aliphatic rings. The summed E-state index contributed by atoms with van der Waals surface area (Å²) >= 11 is 13.4. The number of carboxylic acids is 1. The highest BCUT2D eigenvalue weighted by Gasteiger charge is 2.32. The second-order valence-corrected chi connectivity index (χ2v) is 10.8. The minimum atomic E-state index is -1.09. The molecular weight excluding hydrogens is 547 g/mol. The van der Waals surface area contributed by atoms with E-state index in [1.54, 1.807) is 48.5 Å². The highest BCUT2D eigenvalue weighted by Crippen LogP contribution is 2.36. The van der Waals surface area contributed by atoms with Crippen LogP contribution in [0.25, 0.3) is 10.4 Å². The Labute approximate surface area is 233 Å². The average Bonchev–Trinajstić information content (AvgIpc) is 3.33. The van der Waals surface area contributed by atoms with Crippen molar-refractivity contribution in [3.8, 4) is 16.5 Å². The van der Waals surface area contributed by atoms with Crippen LogP contribution >= 0.6 is 34.5 Å². The predicted octanol–water partition coefficient (Wildman–Crippen LogP) is 7.00. The van der Waals surface area contributed by atoms with Gasteiger partial charge in [0.25, 0.3) is 5.91 Å². The van der Waals surface area contributed by atoms with E-state index in [1.165, 1.54) is 0 Å². The zero-order valence-electron chi connectivity index (χ0n) is 20.1. The number of urea groups is 1. The Morgan fingerprint density at radius 1 is 1.00 bits per heavy atom. The molecule has 0 saturated heterocycles. The first-order chi connectivity index (χ1) is 18.3. The highest BCUT2D eigenvalue weighted by molar-refractivity contribution is 7.18. The van der Waals surface area contributed by atoms with Crippen LogP contribution in [0.4, 0.5) is 16.2 Å². The summed E-state index contributed by atoms with van der Waals surface area (Å²) in [6, 6.07) is 13.5. The summed E-state index contributed by atoms with van der Waals surface area (Å²) in [6.45, 7) is 0. The smallest absolute Gasteiger partial charge is 0.326 e. The number of para-hydroxylation sites is 1. The maximum Gasteiger partial charge on any atom is 0.326 e. The standard InChI is InChI=1S/C27H24Cl2N4O4S/c28-18-7-4-8-19(29)23(18)33-27(37)31-20-13-21(16-11-9-15(14-30)10-12-16)38-24(20)25(34)32-22(26(35)36)17-5-2-1-3-6-17/h4,7-13,17,22H,1-3,5-6H2,(H,32,34)(H,35,36)(H2,31,33,37)/t22-/m0/s1. The van der Waals surface area contributed by atoms with Gasteiger partial charge < -0.3 is 21.1 Å². The quantitative estimate of drug-likeness (QED) is 0.243. The zero-order valence-corrected chi connectivity index (χ0v) is 22.4. The molecule has 0 aliphatic heterocycles. The lowest BCUT2D eigenvalue weighted by Gasteiger charge is -2.28. The van der Waals surface area contributed by atoms with Crippen LogP contribution in [0.5, 0.6) is 0 Å². The number of hydrogen-bond acceptors (Lipinski definition) is 5. The molecule has 1 saturated carbocycles. The maximum atomic E-state index is 13.4. The molecule has 0 bridgehead atoms. The van der Waals surface area contributed by atoms with E-state index < -0.39 is 23.9 Å². The van der Waals surface area contributed by atoms with Crippen LogP contribution in [0, 0.1) is 17.2 Å². The molecule has 0 unspecified atom stereocenters. The number of amides is 3. The van der Waals surface area contributed by atoms with Crippen molar-refractivity contribution in [1.29, 1.82) is 5.26 Å². The average molecular weight is 571 g/mol. The Morgan fingerprint density at radius 3 is 2.26 bits per heavy atom. The normalized spacial score (nSPS) is 14.2. The largest absolute Gasteiger partial charge is 0.480 e. The van der Waals surface area contributed by atoms with E-state index >= 15 is 0 Å². The van der Waals surface area contributed by atoms with Crippen LogP contribution in [-0.2, 0) is 4.79 Å². The summed E-state index contributed by atoms with van der Waals surface area (Å²) in [5, 5.41) is 27.4. The summed E-state index contributed by atoms with van der Waals surface area (Å²) in [4.78, 5) is 39.1. The van der Waals surface area contributed by atoms with Gasteiger partial charge in [0.1, 0.15) is 10.9 Å². The molecule has 2 aromatic carbocycles. The van der Waals surface area contributed by atoms with Gasteiger partial charge in [-0.25, -0.2) is 9.59 Å². The topological polar surface area (TPSA) is 131 Å². The number of anilines is 2. The Kier molecular flexibility index (Phi) is 8.89. The number of benzene rings is 2. The number of carbonyl (C=O) groups is 3. The number of thiophene rings is 1. The number of nitriles is 1. The van der Waals surface area contributed by atoms with Crippen LogP contribution in [0.1, 0.15) is 47.3 Å². The second-order valence-electron chi connectivity index (χ2n) is 8.91. The van der Waals surface area contributed by atoms with Gasteiger partial charge in [-0.05, 0) is 54.7 Å². The molecule has 0 radical (unpaired) electrons. The van der Waals surface area contributed by atoms with Crippen molar-refractivity contribution in [1.82, 2.24) is 5.32 Å². The number of rotatable bonds is 7. The third-order valence-corrected chi connectivity index (χ3v) is 8.17. The van der Waals surface area contributed by atoms with Gasteiger partial charge >= 0.3 is 12.0 Å². The van der Waals surface area contributed by atoms with Crippen molar-refractivity contribution in [2.24, 2.45) is 5.92 Å². The van der Waals surface area contributed by atoms with Gasteiger partial charge in [-0.15, -0.1) is 11.3 Å². The molecule has 1 atom stereocenters. The number of carbonyl (C=O) groups excluding carboxylic acids is 2. The molecule has 0 spiro atoms. The van der Waals surface area contributed by atoms with Gasteiger partial charge in [0.2, 0.25) is 0 Å². The molecule has 8 nitrogen and oxygen atoms in total. The van der Waals surface area contributed by atoms with Gasteiger partial charge in [-0.1, -0.05) is 60.7 Å². The first-order valence-electron chi connectivity index (χ1n) is 12.0. The van der Waals surface area contributed by atoms with Crippen LogP contribution < -0.4 is 16.0 Å². The minimum Gasteiger partial charge on any atom is -0.480 e. The van der Waals surface area contributed by atoms with E-state index in [0.717, 1.165) is 49.0 Å². The fraction of sp³-hybridized carbons (Fsp3) is 0.259. The molecule has 3 aromatic rings. The van der Waals surface area contributed by atoms with Crippen LogP contribution in [0.15, 0.2) is 48.5 Å². The third-order valence-electron chi connectivity index (χ3n) is 6.36. The molecule has 1 heterocycles.